The number of hydrogen-bond donors (Lipinski definition) is 1. The number of aromatic carboxylic acids is 1. The topological polar surface area (TPSA) is 81.8 Å². The summed E-state index contributed by atoms with van der Waals surface area (Å²) in [5, 5.41) is 12.4. The largest absolute Gasteiger partial charge is 0.486 e. The number of nitrogens with zero attached hydrogens (tertiary/aromatic N) is 1. The van der Waals surface area contributed by atoms with E-state index in [-0.39, 0.29) is 5.69 Å². The molecule has 2 heterocycles. The van der Waals surface area contributed by atoms with Gasteiger partial charge in [-0.25, -0.2) is 4.79 Å². The molecule has 0 aliphatic carbocycles. The molecule has 19 heavy (non-hydrogen) atoms. The number of carbonyl (C=O) groups is 1. The smallest absolute Gasteiger partial charge is 0.358 e. The highest BCUT2D eigenvalue weighted by Crippen LogP contribution is 2.44. The van der Waals surface area contributed by atoms with Crippen LogP contribution in [0, 0.1) is 0 Å². The van der Waals surface area contributed by atoms with E-state index in [4.69, 9.17) is 19.1 Å². The van der Waals surface area contributed by atoms with Crippen LogP contribution in [-0.4, -0.2) is 29.4 Å². The van der Waals surface area contributed by atoms with Crippen molar-refractivity contribution in [3.63, 3.8) is 0 Å². The minimum atomic E-state index is -1.15. The van der Waals surface area contributed by atoms with Gasteiger partial charge in [0, 0.05) is 10.5 Å². The van der Waals surface area contributed by atoms with E-state index in [0.29, 0.717) is 40.5 Å². The molecule has 0 spiro atoms. The lowest BCUT2D eigenvalue weighted by Crippen LogP contribution is -2.16. The first-order valence-corrected chi connectivity index (χ1v) is 6.24. The maximum Gasteiger partial charge on any atom is 0.358 e. The summed E-state index contributed by atoms with van der Waals surface area (Å²) >= 11 is 3.39. The third-order valence-corrected chi connectivity index (χ3v) is 3.29. The summed E-state index contributed by atoms with van der Waals surface area (Å²) in [6.45, 7) is 0.904. The van der Waals surface area contributed by atoms with Crippen LogP contribution in [0.3, 0.4) is 0 Å². The monoisotopic (exact) mass is 325 g/mol. The number of rotatable bonds is 2. The maximum atomic E-state index is 10.8. The van der Waals surface area contributed by atoms with Gasteiger partial charge in [-0.2, -0.15) is 0 Å². The molecule has 0 bridgehead atoms. The molecule has 1 aliphatic heterocycles. The number of carboxylic acid groups (broad SMARTS) is 1. The van der Waals surface area contributed by atoms with Crippen molar-refractivity contribution in [1.29, 1.82) is 0 Å². The number of ether oxygens (including phenoxy) is 2. The van der Waals surface area contributed by atoms with Crippen molar-refractivity contribution >= 4 is 21.9 Å². The van der Waals surface area contributed by atoms with Gasteiger partial charge in [-0.3, -0.25) is 0 Å². The van der Waals surface area contributed by atoms with Crippen LogP contribution < -0.4 is 9.47 Å². The highest BCUT2D eigenvalue weighted by atomic mass is 79.9. The van der Waals surface area contributed by atoms with Crippen LogP contribution in [0.2, 0.25) is 0 Å². The molecule has 3 rings (SSSR count). The average Bonchev–Trinajstić information content (AvgIpc) is 2.88. The van der Waals surface area contributed by atoms with Gasteiger partial charge in [-0.15, -0.1) is 0 Å². The van der Waals surface area contributed by atoms with Gasteiger partial charge in [0.05, 0.1) is 5.56 Å². The van der Waals surface area contributed by atoms with E-state index < -0.39 is 5.97 Å². The van der Waals surface area contributed by atoms with E-state index in [2.05, 4.69) is 21.1 Å². The Bertz CT molecular complexity index is 652. The fourth-order valence-electron chi connectivity index (χ4n) is 1.82. The van der Waals surface area contributed by atoms with Gasteiger partial charge < -0.3 is 19.1 Å². The van der Waals surface area contributed by atoms with Crippen LogP contribution >= 0.6 is 15.9 Å². The van der Waals surface area contributed by atoms with Crippen molar-refractivity contribution in [2.24, 2.45) is 0 Å². The van der Waals surface area contributed by atoms with E-state index in [1.54, 1.807) is 12.1 Å². The molecule has 0 radical (unpaired) electrons. The Morgan fingerprint density at radius 2 is 2.11 bits per heavy atom. The molecule has 0 saturated carbocycles. The summed E-state index contributed by atoms with van der Waals surface area (Å²) in [6, 6.07) is 4.91. The summed E-state index contributed by atoms with van der Waals surface area (Å²) < 4.78 is 16.8. The van der Waals surface area contributed by atoms with Gasteiger partial charge in [0.1, 0.15) is 13.2 Å². The Balaban J connectivity index is 2.15. The average molecular weight is 326 g/mol. The Morgan fingerprint density at radius 1 is 1.32 bits per heavy atom. The zero-order valence-electron chi connectivity index (χ0n) is 9.55. The number of aromatic nitrogens is 1. The van der Waals surface area contributed by atoms with Crippen molar-refractivity contribution in [3.8, 4) is 22.8 Å². The van der Waals surface area contributed by atoms with Crippen molar-refractivity contribution in [2.45, 2.75) is 0 Å². The number of hydrogen-bond acceptors (Lipinski definition) is 5. The molecular weight excluding hydrogens is 318 g/mol. The van der Waals surface area contributed by atoms with E-state index >= 15 is 0 Å². The highest BCUT2D eigenvalue weighted by Gasteiger charge is 2.23. The van der Waals surface area contributed by atoms with E-state index in [1.165, 1.54) is 6.07 Å². The Morgan fingerprint density at radius 3 is 2.84 bits per heavy atom. The Labute approximate surface area is 116 Å². The lowest BCUT2D eigenvalue weighted by molar-refractivity contribution is 0.0686. The zero-order valence-corrected chi connectivity index (χ0v) is 11.1. The number of benzene rings is 1. The van der Waals surface area contributed by atoms with E-state index in [0.717, 1.165) is 0 Å². The standard InChI is InChI=1S/C12H8BrNO5/c13-6-1-2-8-11(18-4-3-17-8)10(6)9-5-7(12(15)16)14-19-9/h1-2,5H,3-4H2,(H,15,16). The fraction of sp³-hybridized carbons (Fsp3) is 0.167. The molecule has 1 aromatic carbocycles. The van der Waals surface area contributed by atoms with Crippen molar-refractivity contribution in [3.05, 3.63) is 28.4 Å². The summed E-state index contributed by atoms with van der Waals surface area (Å²) in [5.41, 5.74) is 0.438. The maximum absolute atomic E-state index is 10.8. The predicted octanol–water partition coefficient (Wildman–Crippen LogP) is 2.57. The second kappa shape index (κ2) is 4.58. The predicted molar refractivity (Wildman–Crippen MR) is 67.6 cm³/mol. The van der Waals surface area contributed by atoms with Crippen LogP contribution in [0.1, 0.15) is 10.5 Å². The lowest BCUT2D eigenvalue weighted by Gasteiger charge is -2.20. The third kappa shape index (κ3) is 2.06. The van der Waals surface area contributed by atoms with Crippen LogP contribution in [-0.2, 0) is 0 Å². The highest BCUT2D eigenvalue weighted by molar-refractivity contribution is 9.10. The first-order chi connectivity index (χ1) is 9.16. The first kappa shape index (κ1) is 12.0. The number of carboxylic acids is 1. The molecule has 2 aromatic rings. The van der Waals surface area contributed by atoms with Gasteiger partial charge in [0.2, 0.25) is 0 Å². The summed E-state index contributed by atoms with van der Waals surface area (Å²) in [4.78, 5) is 10.8. The minimum Gasteiger partial charge on any atom is -0.486 e. The van der Waals surface area contributed by atoms with Crippen LogP contribution in [0.25, 0.3) is 11.3 Å². The molecule has 6 nitrogen and oxygen atoms in total. The second-order valence-electron chi connectivity index (χ2n) is 3.83. The molecule has 0 atom stereocenters. The van der Waals surface area contributed by atoms with Crippen molar-refractivity contribution in [2.75, 3.05) is 13.2 Å². The van der Waals surface area contributed by atoms with Crippen molar-refractivity contribution < 1.29 is 23.9 Å². The quantitative estimate of drug-likeness (QED) is 0.913. The summed E-state index contributed by atoms with van der Waals surface area (Å²) in [6.07, 6.45) is 0. The zero-order chi connectivity index (χ0) is 13.4. The second-order valence-corrected chi connectivity index (χ2v) is 4.68. The molecule has 98 valence electrons. The Kier molecular flexibility index (Phi) is 2.90. The van der Waals surface area contributed by atoms with Crippen LogP contribution in [0.5, 0.6) is 11.5 Å². The van der Waals surface area contributed by atoms with Gasteiger partial charge in [0.25, 0.3) is 0 Å². The van der Waals surface area contributed by atoms with Crippen LogP contribution in [0.4, 0.5) is 0 Å². The minimum absolute atomic E-state index is 0.156. The van der Waals surface area contributed by atoms with Crippen molar-refractivity contribution in [1.82, 2.24) is 5.16 Å². The first-order valence-electron chi connectivity index (χ1n) is 5.45. The molecule has 0 amide bonds. The molecule has 0 saturated heterocycles. The lowest BCUT2D eigenvalue weighted by atomic mass is 10.1. The van der Waals surface area contributed by atoms with Gasteiger partial charge in [-0.1, -0.05) is 5.16 Å². The number of halogens is 1. The van der Waals surface area contributed by atoms with E-state index in [1.807, 2.05) is 0 Å². The molecule has 1 N–H and O–H groups in total. The normalized spacial score (nSPS) is 13.3. The fourth-order valence-corrected chi connectivity index (χ4v) is 2.32. The van der Waals surface area contributed by atoms with Gasteiger partial charge in [0.15, 0.2) is 23.0 Å². The third-order valence-electron chi connectivity index (χ3n) is 2.63. The summed E-state index contributed by atoms with van der Waals surface area (Å²) in [5.74, 6) is 0.283. The Hall–Kier alpha value is -2.02. The molecule has 1 aliphatic rings. The molecule has 1 aromatic heterocycles. The summed E-state index contributed by atoms with van der Waals surface area (Å²) in [7, 11) is 0. The van der Waals surface area contributed by atoms with Crippen LogP contribution in [0.15, 0.2) is 27.2 Å². The van der Waals surface area contributed by atoms with Gasteiger partial charge >= 0.3 is 5.97 Å². The molecule has 7 heteroatoms. The van der Waals surface area contributed by atoms with E-state index in [9.17, 15) is 4.79 Å². The SMILES string of the molecule is O=C(O)c1cc(-c2c(Br)ccc3c2OCCO3)on1. The number of fused-ring (bicyclic) bond motifs is 1. The van der Waals surface area contributed by atoms with Gasteiger partial charge in [-0.05, 0) is 28.1 Å². The molecular formula is C12H8BrNO5. The molecule has 0 fully saturated rings. The molecule has 0 unspecified atom stereocenters.